The maximum Gasteiger partial charge on any atom is 0.328 e. The number of methoxy groups -OCH3 is 1. The van der Waals surface area contributed by atoms with Gasteiger partial charge in [0.15, 0.2) is 0 Å². The highest BCUT2D eigenvalue weighted by atomic mass is 16.5. The standard InChI is InChI=1S/C14H22N2O2/c1-5-13(14(17)18-4)15-12-8-6-11(7-9-12)10-16(2)3/h6-9,13,15H,5,10H2,1-4H3. The number of nitrogens with one attached hydrogen (secondary N) is 1. The smallest absolute Gasteiger partial charge is 0.328 e. The summed E-state index contributed by atoms with van der Waals surface area (Å²) in [6.45, 7) is 2.86. The van der Waals surface area contributed by atoms with E-state index in [-0.39, 0.29) is 12.0 Å². The zero-order valence-corrected chi connectivity index (χ0v) is 11.6. The fourth-order valence-corrected chi connectivity index (χ4v) is 1.74. The summed E-state index contributed by atoms with van der Waals surface area (Å²) in [4.78, 5) is 13.6. The molecule has 0 aliphatic carbocycles. The Bertz CT molecular complexity index is 374. The number of benzene rings is 1. The number of anilines is 1. The van der Waals surface area contributed by atoms with Crippen molar-refractivity contribution in [3.05, 3.63) is 29.8 Å². The minimum absolute atomic E-state index is 0.227. The van der Waals surface area contributed by atoms with E-state index in [9.17, 15) is 4.79 Å². The summed E-state index contributed by atoms with van der Waals surface area (Å²) in [5.74, 6) is -0.227. The van der Waals surface area contributed by atoms with E-state index in [0.29, 0.717) is 6.42 Å². The first kappa shape index (κ1) is 14.5. The molecule has 4 heteroatoms. The Kier molecular flexibility index (Phi) is 5.65. The summed E-state index contributed by atoms with van der Waals surface area (Å²) in [5.41, 5.74) is 2.19. The van der Waals surface area contributed by atoms with Gasteiger partial charge in [-0.3, -0.25) is 0 Å². The van der Waals surface area contributed by atoms with Crippen LogP contribution in [-0.2, 0) is 16.1 Å². The van der Waals surface area contributed by atoms with Crippen LogP contribution in [0.2, 0.25) is 0 Å². The molecule has 0 bridgehead atoms. The summed E-state index contributed by atoms with van der Waals surface area (Å²) in [6, 6.07) is 7.82. The molecular formula is C14H22N2O2. The lowest BCUT2D eigenvalue weighted by molar-refractivity contribution is -0.141. The summed E-state index contributed by atoms with van der Waals surface area (Å²) >= 11 is 0. The topological polar surface area (TPSA) is 41.6 Å². The van der Waals surface area contributed by atoms with Gasteiger partial charge in [0.25, 0.3) is 0 Å². The molecule has 0 spiro atoms. The van der Waals surface area contributed by atoms with E-state index in [0.717, 1.165) is 12.2 Å². The number of hydrogen-bond donors (Lipinski definition) is 1. The van der Waals surface area contributed by atoms with Crippen LogP contribution in [0, 0.1) is 0 Å². The molecule has 0 aromatic heterocycles. The third-order valence-electron chi connectivity index (χ3n) is 2.69. The molecular weight excluding hydrogens is 228 g/mol. The maximum atomic E-state index is 11.5. The highest BCUT2D eigenvalue weighted by Gasteiger charge is 2.16. The van der Waals surface area contributed by atoms with Crippen LogP contribution in [-0.4, -0.2) is 38.1 Å². The van der Waals surface area contributed by atoms with Crippen molar-refractivity contribution in [2.75, 3.05) is 26.5 Å². The molecule has 1 aromatic rings. The van der Waals surface area contributed by atoms with Crippen LogP contribution in [0.25, 0.3) is 0 Å². The second kappa shape index (κ2) is 7.01. The van der Waals surface area contributed by atoms with Crippen molar-refractivity contribution in [1.82, 2.24) is 4.90 Å². The highest BCUT2D eigenvalue weighted by molar-refractivity contribution is 5.79. The molecule has 1 aromatic carbocycles. The van der Waals surface area contributed by atoms with Crippen molar-refractivity contribution in [3.8, 4) is 0 Å². The largest absolute Gasteiger partial charge is 0.467 e. The number of hydrogen-bond acceptors (Lipinski definition) is 4. The van der Waals surface area contributed by atoms with E-state index in [1.807, 2.05) is 33.2 Å². The molecule has 1 atom stereocenters. The monoisotopic (exact) mass is 250 g/mol. The van der Waals surface area contributed by atoms with Crippen LogP contribution < -0.4 is 5.32 Å². The van der Waals surface area contributed by atoms with E-state index in [1.54, 1.807) is 0 Å². The molecule has 1 unspecified atom stereocenters. The van der Waals surface area contributed by atoms with Gasteiger partial charge in [0.2, 0.25) is 0 Å². The zero-order chi connectivity index (χ0) is 13.5. The van der Waals surface area contributed by atoms with E-state index in [4.69, 9.17) is 4.74 Å². The lowest BCUT2D eigenvalue weighted by Crippen LogP contribution is -2.29. The quantitative estimate of drug-likeness (QED) is 0.785. The van der Waals surface area contributed by atoms with Crippen LogP contribution >= 0.6 is 0 Å². The second-order valence-electron chi connectivity index (χ2n) is 4.56. The van der Waals surface area contributed by atoms with Gasteiger partial charge in [-0.1, -0.05) is 19.1 Å². The highest BCUT2D eigenvalue weighted by Crippen LogP contribution is 2.13. The van der Waals surface area contributed by atoms with Crippen LogP contribution in [0.4, 0.5) is 5.69 Å². The third kappa shape index (κ3) is 4.37. The van der Waals surface area contributed by atoms with Gasteiger partial charge in [0.05, 0.1) is 7.11 Å². The Morgan fingerprint density at radius 2 is 1.94 bits per heavy atom. The Labute approximate surface area is 109 Å². The number of nitrogens with zero attached hydrogens (tertiary/aromatic N) is 1. The average Bonchev–Trinajstić information content (AvgIpc) is 2.36. The molecule has 1 rings (SSSR count). The van der Waals surface area contributed by atoms with Gasteiger partial charge >= 0.3 is 5.97 Å². The van der Waals surface area contributed by atoms with Gasteiger partial charge in [-0.25, -0.2) is 4.79 Å². The summed E-state index contributed by atoms with van der Waals surface area (Å²) in [7, 11) is 5.49. The fourth-order valence-electron chi connectivity index (χ4n) is 1.74. The first-order chi connectivity index (χ1) is 8.56. The Morgan fingerprint density at radius 3 is 2.39 bits per heavy atom. The summed E-state index contributed by atoms with van der Waals surface area (Å²) in [5, 5.41) is 3.17. The van der Waals surface area contributed by atoms with Crippen molar-refractivity contribution in [1.29, 1.82) is 0 Å². The molecule has 0 radical (unpaired) electrons. The van der Waals surface area contributed by atoms with E-state index >= 15 is 0 Å². The van der Waals surface area contributed by atoms with Crippen molar-refractivity contribution >= 4 is 11.7 Å². The van der Waals surface area contributed by atoms with Gasteiger partial charge in [-0.15, -0.1) is 0 Å². The maximum absolute atomic E-state index is 11.5. The van der Waals surface area contributed by atoms with Gasteiger partial charge < -0.3 is 15.0 Å². The first-order valence-electron chi connectivity index (χ1n) is 6.14. The Balaban J connectivity index is 2.64. The zero-order valence-electron chi connectivity index (χ0n) is 11.6. The van der Waals surface area contributed by atoms with Crippen LogP contribution in [0.5, 0.6) is 0 Å². The van der Waals surface area contributed by atoms with Crippen molar-refractivity contribution in [2.24, 2.45) is 0 Å². The predicted molar refractivity (Wildman–Crippen MR) is 73.6 cm³/mol. The van der Waals surface area contributed by atoms with Crippen molar-refractivity contribution in [3.63, 3.8) is 0 Å². The Hall–Kier alpha value is -1.55. The SMILES string of the molecule is CCC(Nc1ccc(CN(C)C)cc1)C(=O)OC. The lowest BCUT2D eigenvalue weighted by Gasteiger charge is -2.16. The predicted octanol–water partition coefficient (Wildman–Crippen LogP) is 2.11. The Morgan fingerprint density at radius 1 is 1.33 bits per heavy atom. The molecule has 0 aliphatic rings. The molecule has 0 saturated carbocycles. The fraction of sp³-hybridized carbons (Fsp3) is 0.500. The number of esters is 1. The molecule has 100 valence electrons. The number of rotatable bonds is 6. The van der Waals surface area contributed by atoms with Gasteiger partial charge in [-0.05, 0) is 38.2 Å². The summed E-state index contributed by atoms with van der Waals surface area (Å²) in [6.07, 6.45) is 0.701. The minimum Gasteiger partial charge on any atom is -0.467 e. The minimum atomic E-state index is -0.283. The first-order valence-corrected chi connectivity index (χ1v) is 6.14. The summed E-state index contributed by atoms with van der Waals surface area (Å²) < 4.78 is 4.74. The average molecular weight is 250 g/mol. The third-order valence-corrected chi connectivity index (χ3v) is 2.69. The molecule has 18 heavy (non-hydrogen) atoms. The molecule has 0 heterocycles. The molecule has 0 fully saturated rings. The van der Waals surface area contributed by atoms with Gasteiger partial charge in [-0.2, -0.15) is 0 Å². The van der Waals surface area contributed by atoms with E-state index in [1.165, 1.54) is 12.7 Å². The molecule has 4 nitrogen and oxygen atoms in total. The van der Waals surface area contributed by atoms with E-state index in [2.05, 4.69) is 22.3 Å². The normalized spacial score (nSPS) is 12.3. The molecule has 1 N–H and O–H groups in total. The lowest BCUT2D eigenvalue weighted by atomic mass is 10.1. The molecule has 0 saturated heterocycles. The van der Waals surface area contributed by atoms with Crippen LogP contribution in [0.1, 0.15) is 18.9 Å². The number of carbonyl (C=O) groups excluding carboxylic acids is 1. The van der Waals surface area contributed by atoms with Crippen LogP contribution in [0.15, 0.2) is 24.3 Å². The number of carbonyl (C=O) groups is 1. The van der Waals surface area contributed by atoms with Gasteiger partial charge in [0.1, 0.15) is 6.04 Å². The van der Waals surface area contributed by atoms with Gasteiger partial charge in [0, 0.05) is 12.2 Å². The second-order valence-corrected chi connectivity index (χ2v) is 4.56. The van der Waals surface area contributed by atoms with Crippen LogP contribution in [0.3, 0.4) is 0 Å². The van der Waals surface area contributed by atoms with Crippen molar-refractivity contribution < 1.29 is 9.53 Å². The van der Waals surface area contributed by atoms with Crippen molar-refractivity contribution in [2.45, 2.75) is 25.9 Å². The molecule has 0 aliphatic heterocycles. The van der Waals surface area contributed by atoms with E-state index < -0.39 is 0 Å². The molecule has 0 amide bonds. The number of ether oxygens (including phenoxy) is 1.